The third kappa shape index (κ3) is 4.05. The first-order chi connectivity index (χ1) is 14.7. The lowest BCUT2D eigenvalue weighted by Gasteiger charge is -2.43. The number of hydrogen-bond donors (Lipinski definition) is 3. The number of aromatic nitrogens is 2. The van der Waals surface area contributed by atoms with Crippen molar-refractivity contribution >= 4 is 28.6 Å². The maximum Gasteiger partial charge on any atom is 0.319 e. The first kappa shape index (κ1) is 21.0. The van der Waals surface area contributed by atoms with E-state index in [1.54, 1.807) is 6.07 Å². The number of furan rings is 1. The molecule has 4 rings (SSSR count). The highest BCUT2D eigenvalue weighted by atomic mass is 19.1. The van der Waals surface area contributed by atoms with Crippen molar-refractivity contribution in [3.05, 3.63) is 47.7 Å². The summed E-state index contributed by atoms with van der Waals surface area (Å²) in [7, 11) is 0. The Morgan fingerprint density at radius 3 is 2.65 bits per heavy atom. The van der Waals surface area contributed by atoms with Crippen molar-refractivity contribution in [2.24, 2.45) is 5.92 Å². The molecule has 0 bridgehead atoms. The molecule has 0 saturated carbocycles. The van der Waals surface area contributed by atoms with Gasteiger partial charge in [0.25, 0.3) is 0 Å². The number of hydrogen-bond acceptors (Lipinski definition) is 6. The van der Waals surface area contributed by atoms with Crippen molar-refractivity contribution in [2.45, 2.75) is 45.9 Å². The van der Waals surface area contributed by atoms with Gasteiger partial charge >= 0.3 is 6.03 Å². The molecule has 0 spiro atoms. The van der Waals surface area contributed by atoms with Gasteiger partial charge in [-0.05, 0) is 38.0 Å². The molecule has 1 aromatic carbocycles. The van der Waals surface area contributed by atoms with E-state index in [0.717, 1.165) is 5.56 Å². The maximum absolute atomic E-state index is 13.6. The second-order valence-corrected chi connectivity index (χ2v) is 8.28. The molecule has 8 nitrogen and oxygen atoms in total. The second-order valence-electron chi connectivity index (χ2n) is 8.28. The number of amides is 2. The number of carbonyl (C=O) groups is 1. The third-order valence-corrected chi connectivity index (χ3v) is 5.76. The molecule has 0 aliphatic carbocycles. The molecule has 3 atom stereocenters. The number of aryl methyl sites for hydroxylation is 1. The molecule has 1 aliphatic rings. The first-order valence-corrected chi connectivity index (χ1v) is 10.3. The highest BCUT2D eigenvalue weighted by Crippen LogP contribution is 2.33. The molecule has 3 heterocycles. The molecule has 0 radical (unpaired) electrons. The van der Waals surface area contributed by atoms with Crippen LogP contribution in [-0.4, -0.2) is 39.8 Å². The van der Waals surface area contributed by atoms with Crippen LogP contribution in [0, 0.1) is 18.7 Å². The molecule has 3 N–H and O–H groups in total. The number of β-amino-alcohol motifs (C(OH)–C–C–N with tert-alkyl or cyclic N) is 1. The number of aliphatic hydroxyl groups is 1. The van der Waals surface area contributed by atoms with Gasteiger partial charge in [-0.2, -0.15) is 0 Å². The summed E-state index contributed by atoms with van der Waals surface area (Å²) in [5, 5.41) is 16.0. The van der Waals surface area contributed by atoms with Crippen LogP contribution >= 0.6 is 0 Å². The lowest BCUT2D eigenvalue weighted by molar-refractivity contribution is 0.0979. The van der Waals surface area contributed by atoms with Gasteiger partial charge in [0.05, 0.1) is 36.3 Å². The quantitative estimate of drug-likeness (QED) is 0.573. The number of urea groups is 1. The van der Waals surface area contributed by atoms with E-state index in [1.165, 1.54) is 24.5 Å². The van der Waals surface area contributed by atoms with Crippen molar-refractivity contribution < 1.29 is 18.7 Å². The predicted octanol–water partition coefficient (Wildman–Crippen LogP) is 3.76. The summed E-state index contributed by atoms with van der Waals surface area (Å²) in [6.45, 7) is 8.19. The third-order valence-electron chi connectivity index (χ3n) is 5.76. The van der Waals surface area contributed by atoms with E-state index in [-0.39, 0.29) is 23.9 Å². The van der Waals surface area contributed by atoms with Crippen molar-refractivity contribution in [2.75, 3.05) is 16.8 Å². The highest BCUT2D eigenvalue weighted by Gasteiger charge is 2.35. The average molecular weight is 427 g/mol. The summed E-state index contributed by atoms with van der Waals surface area (Å²) in [4.78, 5) is 23.1. The molecule has 1 fully saturated rings. The van der Waals surface area contributed by atoms with Crippen molar-refractivity contribution in [1.29, 1.82) is 0 Å². The summed E-state index contributed by atoms with van der Waals surface area (Å²) < 4.78 is 19.6. The molecular formula is C22H26FN5O3. The van der Waals surface area contributed by atoms with Gasteiger partial charge in [0.15, 0.2) is 0 Å². The predicted molar refractivity (Wildman–Crippen MR) is 115 cm³/mol. The van der Waals surface area contributed by atoms with E-state index in [1.807, 2.05) is 32.6 Å². The molecule has 31 heavy (non-hydrogen) atoms. The monoisotopic (exact) mass is 427 g/mol. The van der Waals surface area contributed by atoms with E-state index >= 15 is 0 Å². The zero-order valence-corrected chi connectivity index (χ0v) is 17.9. The highest BCUT2D eigenvalue weighted by molar-refractivity contribution is 5.89. The Morgan fingerprint density at radius 1 is 1.32 bits per heavy atom. The number of halogens is 1. The fourth-order valence-electron chi connectivity index (χ4n) is 3.74. The van der Waals surface area contributed by atoms with Crippen LogP contribution in [0.5, 0.6) is 0 Å². The number of carbonyl (C=O) groups excluding carboxylic acids is 1. The van der Waals surface area contributed by atoms with E-state index in [4.69, 9.17) is 4.42 Å². The number of fused-ring (bicyclic) bond motifs is 1. The lowest BCUT2D eigenvalue weighted by atomic mass is 9.98. The average Bonchev–Trinajstić information content (AvgIpc) is 3.06. The molecule has 1 aliphatic heterocycles. The minimum atomic E-state index is -0.422. The second kappa shape index (κ2) is 8.14. The summed E-state index contributed by atoms with van der Waals surface area (Å²) >= 11 is 0. The van der Waals surface area contributed by atoms with Gasteiger partial charge < -0.3 is 25.1 Å². The maximum atomic E-state index is 13.6. The Bertz CT molecular complexity index is 1100. The molecular weight excluding hydrogens is 401 g/mol. The van der Waals surface area contributed by atoms with Gasteiger partial charge in [-0.3, -0.25) is 0 Å². The molecule has 2 amide bonds. The number of benzene rings is 1. The largest absolute Gasteiger partial charge is 0.459 e. The van der Waals surface area contributed by atoms with E-state index in [2.05, 4.69) is 20.6 Å². The fourth-order valence-corrected chi connectivity index (χ4v) is 3.74. The van der Waals surface area contributed by atoms with Crippen LogP contribution in [0.4, 0.5) is 20.8 Å². The Balaban J connectivity index is 1.47. The summed E-state index contributed by atoms with van der Waals surface area (Å²) in [5.74, 6) is 0.810. The molecule has 1 unspecified atom stereocenters. The number of nitrogens with zero attached hydrogens (tertiary/aromatic N) is 3. The fraction of sp³-hybridized carbons (Fsp3) is 0.409. The van der Waals surface area contributed by atoms with Crippen molar-refractivity contribution in [1.82, 2.24) is 15.3 Å². The zero-order valence-electron chi connectivity index (χ0n) is 17.9. The molecule has 3 aromatic rings. The summed E-state index contributed by atoms with van der Waals surface area (Å²) in [6.07, 6.45) is 2.68. The number of rotatable bonds is 5. The first-order valence-electron chi connectivity index (χ1n) is 10.3. The van der Waals surface area contributed by atoms with Crippen molar-refractivity contribution in [3.8, 4) is 0 Å². The van der Waals surface area contributed by atoms with Crippen LogP contribution in [0.15, 0.2) is 35.0 Å². The van der Waals surface area contributed by atoms with E-state index < -0.39 is 12.1 Å². The van der Waals surface area contributed by atoms with Crippen LogP contribution in [0.25, 0.3) is 11.0 Å². The Kier molecular flexibility index (Phi) is 5.53. The van der Waals surface area contributed by atoms with Crippen LogP contribution in [-0.2, 0) is 0 Å². The van der Waals surface area contributed by atoms with Gasteiger partial charge in [0.1, 0.15) is 17.2 Å². The van der Waals surface area contributed by atoms with Gasteiger partial charge in [-0.25, -0.2) is 19.2 Å². The van der Waals surface area contributed by atoms with Crippen LogP contribution < -0.4 is 15.5 Å². The summed E-state index contributed by atoms with van der Waals surface area (Å²) in [5.41, 5.74) is 1.82. The van der Waals surface area contributed by atoms with Crippen LogP contribution in [0.2, 0.25) is 0 Å². The molecule has 2 aromatic heterocycles. The number of anilines is 2. The van der Waals surface area contributed by atoms with Gasteiger partial charge in [0.2, 0.25) is 5.95 Å². The topological polar surface area (TPSA) is 104 Å². The Labute approximate surface area is 179 Å². The van der Waals surface area contributed by atoms with E-state index in [0.29, 0.717) is 34.9 Å². The van der Waals surface area contributed by atoms with E-state index in [9.17, 15) is 14.3 Å². The summed E-state index contributed by atoms with van der Waals surface area (Å²) in [6, 6.07) is 3.52. The smallest absolute Gasteiger partial charge is 0.319 e. The standard InChI is InChI=1S/C22H26FN5O3/c1-11(2)19(20-12(3)16-7-14(23)5-6-18(16)31-20)27-22(30)26-15-8-24-21(25-9-15)28-10-17(29)13(28)4/h5-9,11,13,17,19,29H,10H2,1-4H3,(H2,26,27,30)/t13-,17+,19?/m0/s1. The van der Waals surface area contributed by atoms with Gasteiger partial charge in [-0.1, -0.05) is 13.8 Å². The van der Waals surface area contributed by atoms with Gasteiger partial charge in [0, 0.05) is 17.5 Å². The normalized spacial score (nSPS) is 19.4. The van der Waals surface area contributed by atoms with Gasteiger partial charge in [-0.15, -0.1) is 0 Å². The molecule has 164 valence electrons. The Morgan fingerprint density at radius 2 is 2.03 bits per heavy atom. The lowest BCUT2D eigenvalue weighted by Crippen LogP contribution is -2.59. The minimum absolute atomic E-state index is 0.0329. The minimum Gasteiger partial charge on any atom is -0.459 e. The van der Waals surface area contributed by atoms with Crippen LogP contribution in [0.1, 0.15) is 38.1 Å². The molecule has 1 saturated heterocycles. The number of aliphatic hydroxyl groups excluding tert-OH is 1. The SMILES string of the molecule is Cc1c(C(NC(=O)Nc2cnc(N3C[C@@H](O)[C@@H]3C)nc2)C(C)C)oc2ccc(F)cc12. The van der Waals surface area contributed by atoms with Crippen LogP contribution in [0.3, 0.4) is 0 Å². The van der Waals surface area contributed by atoms with Crippen molar-refractivity contribution in [3.63, 3.8) is 0 Å². The Hall–Kier alpha value is -3.20. The number of nitrogens with one attached hydrogen (secondary N) is 2. The molecule has 9 heteroatoms. The zero-order chi connectivity index (χ0) is 22.3.